The predicted octanol–water partition coefficient (Wildman–Crippen LogP) is 4.02. The van der Waals surface area contributed by atoms with Gasteiger partial charge >= 0.3 is 0 Å². The average Bonchev–Trinajstić information content (AvgIpc) is 3.06. The van der Waals surface area contributed by atoms with Crippen molar-refractivity contribution >= 4 is 5.71 Å². The molecule has 1 saturated heterocycles. The molecule has 1 aromatic carbocycles. The number of hydrogen-bond donors (Lipinski definition) is 0. The lowest BCUT2D eigenvalue weighted by molar-refractivity contribution is 0.132. The SMILES string of the molecule is C[C@@H]1C[C@@H](C)CN(CCCOc2ccc(C3=NCCC3)cc2)C1. The van der Waals surface area contributed by atoms with E-state index >= 15 is 0 Å². The Morgan fingerprint density at radius 2 is 1.87 bits per heavy atom. The highest BCUT2D eigenvalue weighted by atomic mass is 16.5. The first kappa shape index (κ1) is 16.5. The van der Waals surface area contributed by atoms with Gasteiger partial charge in [0.2, 0.25) is 0 Å². The maximum absolute atomic E-state index is 5.90. The Balaban J connectivity index is 1.39. The Kier molecular flexibility index (Phi) is 5.71. The van der Waals surface area contributed by atoms with Crippen LogP contribution in [0, 0.1) is 11.8 Å². The molecule has 3 heteroatoms. The van der Waals surface area contributed by atoms with E-state index in [9.17, 15) is 0 Å². The van der Waals surface area contributed by atoms with Crippen LogP contribution in [0.2, 0.25) is 0 Å². The van der Waals surface area contributed by atoms with Crippen molar-refractivity contribution < 1.29 is 4.74 Å². The number of likely N-dealkylation sites (tertiary alicyclic amines) is 1. The van der Waals surface area contributed by atoms with E-state index in [0.717, 1.165) is 50.1 Å². The molecule has 0 aromatic heterocycles. The quantitative estimate of drug-likeness (QED) is 0.741. The van der Waals surface area contributed by atoms with Gasteiger partial charge in [0.05, 0.1) is 6.61 Å². The molecular weight excluding hydrogens is 284 g/mol. The minimum Gasteiger partial charge on any atom is -0.494 e. The Bertz CT molecular complexity index is 513. The normalized spacial score (nSPS) is 25.4. The lowest BCUT2D eigenvalue weighted by Gasteiger charge is -2.34. The molecule has 0 unspecified atom stereocenters. The summed E-state index contributed by atoms with van der Waals surface area (Å²) in [5.41, 5.74) is 2.51. The number of nitrogens with zero attached hydrogens (tertiary/aromatic N) is 2. The summed E-state index contributed by atoms with van der Waals surface area (Å²) < 4.78 is 5.90. The van der Waals surface area contributed by atoms with Gasteiger partial charge in [-0.2, -0.15) is 0 Å². The summed E-state index contributed by atoms with van der Waals surface area (Å²) >= 11 is 0. The molecule has 3 rings (SSSR count). The fourth-order valence-corrected chi connectivity index (χ4v) is 3.97. The molecular formula is C20H30N2O. The van der Waals surface area contributed by atoms with Gasteiger partial charge in [-0.05, 0) is 67.3 Å². The van der Waals surface area contributed by atoms with Crippen LogP contribution in [0.4, 0.5) is 0 Å². The van der Waals surface area contributed by atoms with Gasteiger partial charge < -0.3 is 9.64 Å². The van der Waals surface area contributed by atoms with Crippen molar-refractivity contribution in [1.29, 1.82) is 0 Å². The second-order valence-corrected chi connectivity index (χ2v) is 7.36. The van der Waals surface area contributed by atoms with Gasteiger partial charge in [-0.15, -0.1) is 0 Å². The van der Waals surface area contributed by atoms with E-state index in [2.05, 4.69) is 48.0 Å². The summed E-state index contributed by atoms with van der Waals surface area (Å²) in [5.74, 6) is 2.66. The molecule has 0 aliphatic carbocycles. The zero-order valence-electron chi connectivity index (χ0n) is 14.6. The van der Waals surface area contributed by atoms with Crippen molar-refractivity contribution in [2.45, 2.75) is 39.5 Å². The van der Waals surface area contributed by atoms with E-state index in [4.69, 9.17) is 4.74 Å². The third-order valence-corrected chi connectivity index (χ3v) is 4.89. The van der Waals surface area contributed by atoms with E-state index < -0.39 is 0 Å². The van der Waals surface area contributed by atoms with Gasteiger partial charge in [-0.25, -0.2) is 0 Å². The van der Waals surface area contributed by atoms with Crippen LogP contribution in [0.5, 0.6) is 5.75 Å². The van der Waals surface area contributed by atoms with E-state index in [1.807, 2.05) is 0 Å². The molecule has 0 amide bonds. The van der Waals surface area contributed by atoms with Crippen molar-refractivity contribution in [2.75, 3.05) is 32.8 Å². The first-order chi connectivity index (χ1) is 11.2. The minimum atomic E-state index is 0.805. The molecule has 0 saturated carbocycles. The number of ether oxygens (including phenoxy) is 1. The molecule has 23 heavy (non-hydrogen) atoms. The van der Waals surface area contributed by atoms with Crippen LogP contribution in [0.15, 0.2) is 29.3 Å². The van der Waals surface area contributed by atoms with E-state index in [-0.39, 0.29) is 0 Å². The number of rotatable bonds is 6. The van der Waals surface area contributed by atoms with Gasteiger partial charge in [0, 0.05) is 31.9 Å². The Hall–Kier alpha value is -1.35. The smallest absolute Gasteiger partial charge is 0.119 e. The molecule has 0 N–H and O–H groups in total. The lowest BCUT2D eigenvalue weighted by atomic mass is 9.92. The zero-order valence-corrected chi connectivity index (χ0v) is 14.6. The molecule has 0 bridgehead atoms. The summed E-state index contributed by atoms with van der Waals surface area (Å²) in [6.45, 7) is 10.2. The van der Waals surface area contributed by atoms with Crippen molar-refractivity contribution in [3.8, 4) is 5.75 Å². The van der Waals surface area contributed by atoms with E-state index in [1.165, 1.54) is 37.2 Å². The van der Waals surface area contributed by atoms with Crippen LogP contribution in [-0.4, -0.2) is 43.4 Å². The molecule has 2 aliphatic heterocycles. The summed E-state index contributed by atoms with van der Waals surface area (Å²) in [6.07, 6.45) is 4.80. The first-order valence-corrected chi connectivity index (χ1v) is 9.19. The second-order valence-electron chi connectivity index (χ2n) is 7.36. The van der Waals surface area contributed by atoms with Gasteiger partial charge in [0.25, 0.3) is 0 Å². The van der Waals surface area contributed by atoms with Crippen molar-refractivity contribution in [3.63, 3.8) is 0 Å². The maximum atomic E-state index is 5.90. The molecule has 3 nitrogen and oxygen atoms in total. The van der Waals surface area contributed by atoms with Gasteiger partial charge in [-0.3, -0.25) is 4.99 Å². The highest BCUT2D eigenvalue weighted by Gasteiger charge is 2.21. The van der Waals surface area contributed by atoms with Crippen molar-refractivity contribution in [1.82, 2.24) is 4.90 Å². The maximum Gasteiger partial charge on any atom is 0.119 e. The molecule has 2 atom stereocenters. The molecule has 0 spiro atoms. The standard InChI is InChI=1S/C20H30N2O/c1-16-13-17(2)15-22(14-16)11-4-12-23-19-8-6-18(7-9-19)20-5-3-10-21-20/h6-9,16-17H,3-5,10-15H2,1-2H3/t16-,17-/m1/s1. The number of benzene rings is 1. The van der Waals surface area contributed by atoms with Gasteiger partial charge in [0.15, 0.2) is 0 Å². The second kappa shape index (κ2) is 7.96. The molecule has 126 valence electrons. The van der Waals surface area contributed by atoms with Crippen LogP contribution in [0.1, 0.15) is 45.1 Å². The Labute approximate surface area is 140 Å². The van der Waals surface area contributed by atoms with Crippen LogP contribution < -0.4 is 4.74 Å². The number of hydrogen-bond acceptors (Lipinski definition) is 3. The average molecular weight is 314 g/mol. The number of aliphatic imine (C=N–C) groups is 1. The fourth-order valence-electron chi connectivity index (χ4n) is 3.97. The monoisotopic (exact) mass is 314 g/mol. The lowest BCUT2D eigenvalue weighted by Crippen LogP contribution is -2.39. The Morgan fingerprint density at radius 3 is 2.52 bits per heavy atom. The Morgan fingerprint density at radius 1 is 1.13 bits per heavy atom. The zero-order chi connectivity index (χ0) is 16.1. The molecule has 0 radical (unpaired) electrons. The number of piperidine rings is 1. The molecule has 2 aliphatic rings. The fraction of sp³-hybridized carbons (Fsp3) is 0.650. The summed E-state index contributed by atoms with van der Waals surface area (Å²) in [4.78, 5) is 7.15. The molecule has 1 aromatic rings. The largest absolute Gasteiger partial charge is 0.494 e. The highest BCUT2D eigenvalue weighted by molar-refractivity contribution is 6.01. The molecule has 2 heterocycles. The van der Waals surface area contributed by atoms with Gasteiger partial charge in [-0.1, -0.05) is 13.8 Å². The van der Waals surface area contributed by atoms with Crippen LogP contribution in [0.3, 0.4) is 0 Å². The third-order valence-electron chi connectivity index (χ3n) is 4.89. The highest BCUT2D eigenvalue weighted by Crippen LogP contribution is 2.21. The van der Waals surface area contributed by atoms with Crippen molar-refractivity contribution in [2.24, 2.45) is 16.8 Å². The minimum absolute atomic E-state index is 0.805. The summed E-state index contributed by atoms with van der Waals surface area (Å²) in [6, 6.07) is 8.46. The van der Waals surface area contributed by atoms with Crippen molar-refractivity contribution in [3.05, 3.63) is 29.8 Å². The third kappa shape index (κ3) is 4.81. The van der Waals surface area contributed by atoms with Crippen LogP contribution in [-0.2, 0) is 0 Å². The van der Waals surface area contributed by atoms with E-state index in [1.54, 1.807) is 0 Å². The summed E-state index contributed by atoms with van der Waals surface area (Å²) in [7, 11) is 0. The topological polar surface area (TPSA) is 24.8 Å². The van der Waals surface area contributed by atoms with Crippen LogP contribution in [0.25, 0.3) is 0 Å². The first-order valence-electron chi connectivity index (χ1n) is 9.19. The van der Waals surface area contributed by atoms with Crippen LogP contribution >= 0.6 is 0 Å². The molecule has 1 fully saturated rings. The van der Waals surface area contributed by atoms with Gasteiger partial charge in [0.1, 0.15) is 5.75 Å². The predicted molar refractivity (Wildman–Crippen MR) is 96.6 cm³/mol. The van der Waals surface area contributed by atoms with E-state index in [0.29, 0.717) is 0 Å². The summed E-state index contributed by atoms with van der Waals surface area (Å²) in [5, 5.41) is 0.